The summed E-state index contributed by atoms with van der Waals surface area (Å²) in [5.74, 6) is -1.01. The van der Waals surface area contributed by atoms with Crippen LogP contribution in [0.2, 0.25) is 0 Å². The highest BCUT2D eigenvalue weighted by molar-refractivity contribution is 5.84. The van der Waals surface area contributed by atoms with Gasteiger partial charge in [-0.15, -0.1) is 0 Å². The first kappa shape index (κ1) is 14.6. The summed E-state index contributed by atoms with van der Waals surface area (Å²) < 4.78 is 0. The summed E-state index contributed by atoms with van der Waals surface area (Å²) in [6.45, 7) is 2.64. The fourth-order valence-corrected chi connectivity index (χ4v) is 2.51. The van der Waals surface area contributed by atoms with E-state index in [9.17, 15) is 14.4 Å². The molecule has 1 saturated heterocycles. The van der Waals surface area contributed by atoms with E-state index in [0.717, 1.165) is 12.8 Å². The zero-order valence-corrected chi connectivity index (χ0v) is 11.7. The number of likely N-dealkylation sites (tertiary alicyclic amines) is 1. The van der Waals surface area contributed by atoms with Gasteiger partial charge in [0.05, 0.1) is 5.41 Å². The molecule has 2 fully saturated rings. The quantitative estimate of drug-likeness (QED) is 0.746. The summed E-state index contributed by atoms with van der Waals surface area (Å²) in [6, 6.07) is -0.302. The van der Waals surface area contributed by atoms with E-state index in [-0.39, 0.29) is 19.1 Å². The third kappa shape index (κ3) is 3.20. The predicted octanol–water partition coefficient (Wildman–Crippen LogP) is 0.100. The average Bonchev–Trinajstić information content (AvgIpc) is 3.07. The van der Waals surface area contributed by atoms with Crippen LogP contribution in [0, 0.1) is 11.3 Å². The SMILES string of the molecule is CC1(C(N)=O)CCN(C(=O)N(CC(=O)O)CC2CC2)C1. The second-order valence-corrected chi connectivity index (χ2v) is 6.10. The second kappa shape index (κ2) is 5.30. The Labute approximate surface area is 117 Å². The van der Waals surface area contributed by atoms with Crippen molar-refractivity contribution >= 4 is 17.9 Å². The Morgan fingerprint density at radius 2 is 2.05 bits per heavy atom. The molecule has 0 bridgehead atoms. The molecule has 7 nitrogen and oxygen atoms in total. The van der Waals surface area contributed by atoms with Crippen LogP contribution in [0.4, 0.5) is 4.79 Å². The second-order valence-electron chi connectivity index (χ2n) is 6.10. The molecule has 3 N–H and O–H groups in total. The summed E-state index contributed by atoms with van der Waals surface area (Å²) in [7, 11) is 0. The lowest BCUT2D eigenvalue weighted by molar-refractivity contribution is -0.137. The van der Waals surface area contributed by atoms with Crippen LogP contribution in [0.3, 0.4) is 0 Å². The standard InChI is InChI=1S/C13H21N3O4/c1-13(11(14)19)4-5-15(8-13)12(20)16(7-10(17)18)6-9-2-3-9/h9H,2-8H2,1H3,(H2,14,19)(H,17,18). The first-order valence-electron chi connectivity index (χ1n) is 6.87. The highest BCUT2D eigenvalue weighted by atomic mass is 16.4. The van der Waals surface area contributed by atoms with Gasteiger partial charge in [-0.2, -0.15) is 0 Å². The van der Waals surface area contributed by atoms with E-state index < -0.39 is 17.3 Å². The van der Waals surface area contributed by atoms with Gasteiger partial charge in [0.1, 0.15) is 6.54 Å². The van der Waals surface area contributed by atoms with Crippen LogP contribution in [0.25, 0.3) is 0 Å². The van der Waals surface area contributed by atoms with Crippen molar-refractivity contribution in [3.05, 3.63) is 0 Å². The summed E-state index contributed by atoms with van der Waals surface area (Å²) >= 11 is 0. The van der Waals surface area contributed by atoms with Crippen LogP contribution in [0.5, 0.6) is 0 Å². The van der Waals surface area contributed by atoms with Gasteiger partial charge < -0.3 is 20.6 Å². The highest BCUT2D eigenvalue weighted by Gasteiger charge is 2.42. The van der Waals surface area contributed by atoms with E-state index in [2.05, 4.69) is 0 Å². The molecule has 2 rings (SSSR count). The molecule has 0 radical (unpaired) electrons. The van der Waals surface area contributed by atoms with Gasteiger partial charge in [0.2, 0.25) is 5.91 Å². The number of primary amides is 1. The van der Waals surface area contributed by atoms with Gasteiger partial charge in [-0.25, -0.2) is 4.79 Å². The van der Waals surface area contributed by atoms with Crippen molar-refractivity contribution in [1.29, 1.82) is 0 Å². The van der Waals surface area contributed by atoms with Crippen molar-refractivity contribution in [2.75, 3.05) is 26.2 Å². The van der Waals surface area contributed by atoms with E-state index in [4.69, 9.17) is 10.8 Å². The molecular formula is C13H21N3O4. The Hall–Kier alpha value is -1.79. The molecule has 1 saturated carbocycles. The lowest BCUT2D eigenvalue weighted by Crippen LogP contribution is -2.47. The van der Waals surface area contributed by atoms with Crippen molar-refractivity contribution < 1.29 is 19.5 Å². The molecule has 0 aromatic heterocycles. The minimum absolute atomic E-state index is 0.266. The molecule has 7 heteroatoms. The summed E-state index contributed by atoms with van der Waals surface area (Å²) in [5, 5.41) is 8.91. The van der Waals surface area contributed by atoms with Crippen molar-refractivity contribution in [3.8, 4) is 0 Å². The molecule has 3 amide bonds. The zero-order valence-electron chi connectivity index (χ0n) is 11.7. The van der Waals surface area contributed by atoms with E-state index in [1.54, 1.807) is 6.92 Å². The lowest BCUT2D eigenvalue weighted by Gasteiger charge is -2.28. The third-order valence-corrected chi connectivity index (χ3v) is 4.11. The average molecular weight is 283 g/mol. The number of nitrogens with two attached hydrogens (primary N) is 1. The molecule has 0 spiro atoms. The molecule has 1 unspecified atom stereocenters. The zero-order chi connectivity index (χ0) is 14.9. The number of nitrogens with zero attached hydrogens (tertiary/aromatic N) is 2. The minimum atomic E-state index is -1.02. The van der Waals surface area contributed by atoms with E-state index >= 15 is 0 Å². The maximum absolute atomic E-state index is 12.4. The molecule has 1 aliphatic heterocycles. The number of carbonyl (C=O) groups excluding carboxylic acids is 2. The van der Waals surface area contributed by atoms with Gasteiger partial charge in [0.25, 0.3) is 0 Å². The predicted molar refractivity (Wildman–Crippen MR) is 70.8 cm³/mol. The molecule has 112 valence electrons. The number of carboxylic acids is 1. The molecule has 1 atom stereocenters. The fraction of sp³-hybridized carbons (Fsp3) is 0.769. The smallest absolute Gasteiger partial charge is 0.323 e. The van der Waals surface area contributed by atoms with Crippen LogP contribution < -0.4 is 5.73 Å². The molecule has 1 aliphatic carbocycles. The minimum Gasteiger partial charge on any atom is -0.480 e. The normalized spacial score (nSPS) is 25.6. The van der Waals surface area contributed by atoms with Gasteiger partial charge in [-0.1, -0.05) is 0 Å². The van der Waals surface area contributed by atoms with Gasteiger partial charge in [-0.3, -0.25) is 9.59 Å². The van der Waals surface area contributed by atoms with Crippen molar-refractivity contribution in [2.24, 2.45) is 17.1 Å². The number of aliphatic carboxylic acids is 1. The Kier molecular flexibility index (Phi) is 3.87. The Morgan fingerprint density at radius 3 is 2.50 bits per heavy atom. The summed E-state index contributed by atoms with van der Waals surface area (Å²) in [4.78, 5) is 37.6. The Balaban J connectivity index is 2.00. The fourth-order valence-electron chi connectivity index (χ4n) is 2.51. The largest absolute Gasteiger partial charge is 0.480 e. The molecule has 0 aromatic rings. The highest BCUT2D eigenvalue weighted by Crippen LogP contribution is 2.32. The van der Waals surface area contributed by atoms with Crippen LogP contribution in [0.1, 0.15) is 26.2 Å². The van der Waals surface area contributed by atoms with Crippen LogP contribution in [-0.4, -0.2) is 59.0 Å². The van der Waals surface area contributed by atoms with Crippen molar-refractivity contribution in [2.45, 2.75) is 26.2 Å². The first-order chi connectivity index (χ1) is 9.32. The number of amides is 3. The lowest BCUT2D eigenvalue weighted by atomic mass is 9.89. The molecule has 2 aliphatic rings. The molecule has 0 aromatic carbocycles. The van der Waals surface area contributed by atoms with Crippen molar-refractivity contribution in [1.82, 2.24) is 9.80 Å². The van der Waals surface area contributed by atoms with Gasteiger partial charge in [0, 0.05) is 19.6 Å². The number of carbonyl (C=O) groups is 3. The number of carboxylic acid groups (broad SMARTS) is 1. The van der Waals surface area contributed by atoms with E-state index in [0.29, 0.717) is 25.4 Å². The van der Waals surface area contributed by atoms with Crippen LogP contribution in [0.15, 0.2) is 0 Å². The topological polar surface area (TPSA) is 104 Å². The van der Waals surface area contributed by atoms with Crippen LogP contribution in [-0.2, 0) is 9.59 Å². The van der Waals surface area contributed by atoms with Gasteiger partial charge in [0.15, 0.2) is 0 Å². The number of hydrogen-bond donors (Lipinski definition) is 2. The third-order valence-electron chi connectivity index (χ3n) is 4.11. The first-order valence-corrected chi connectivity index (χ1v) is 6.87. The summed E-state index contributed by atoms with van der Waals surface area (Å²) in [6.07, 6.45) is 2.61. The summed E-state index contributed by atoms with van der Waals surface area (Å²) in [5.41, 5.74) is 4.65. The van der Waals surface area contributed by atoms with Gasteiger partial charge >= 0.3 is 12.0 Å². The van der Waals surface area contributed by atoms with Gasteiger partial charge in [-0.05, 0) is 32.1 Å². The van der Waals surface area contributed by atoms with Crippen molar-refractivity contribution in [3.63, 3.8) is 0 Å². The Bertz CT molecular complexity index is 435. The monoisotopic (exact) mass is 283 g/mol. The number of hydrogen-bond acceptors (Lipinski definition) is 3. The van der Waals surface area contributed by atoms with Crippen LogP contribution >= 0.6 is 0 Å². The van der Waals surface area contributed by atoms with E-state index in [1.165, 1.54) is 9.80 Å². The molecular weight excluding hydrogens is 262 g/mol. The van der Waals surface area contributed by atoms with E-state index in [1.807, 2.05) is 0 Å². The maximum atomic E-state index is 12.4. The maximum Gasteiger partial charge on any atom is 0.323 e. The number of rotatable bonds is 5. The molecule has 1 heterocycles. The number of urea groups is 1. The Morgan fingerprint density at radius 1 is 1.40 bits per heavy atom. The molecule has 20 heavy (non-hydrogen) atoms.